The van der Waals surface area contributed by atoms with Gasteiger partial charge in [-0.05, 0) is 39.2 Å². The van der Waals surface area contributed by atoms with Crippen molar-refractivity contribution in [2.45, 2.75) is 46.4 Å². The molecule has 0 saturated heterocycles. The van der Waals surface area contributed by atoms with Gasteiger partial charge < -0.3 is 14.8 Å². The minimum atomic E-state index is -0.397. The molecule has 2 aromatic rings. The molecule has 0 atom stereocenters. The Morgan fingerprint density at radius 3 is 2.76 bits per heavy atom. The van der Waals surface area contributed by atoms with Crippen LogP contribution in [-0.4, -0.2) is 57.1 Å². The first-order valence-electron chi connectivity index (χ1n) is 8.54. The van der Waals surface area contributed by atoms with Gasteiger partial charge in [-0.3, -0.25) is 9.89 Å². The summed E-state index contributed by atoms with van der Waals surface area (Å²) in [5.41, 5.74) is 2.51. The normalized spacial score (nSPS) is 11.2. The molecule has 9 nitrogen and oxygen atoms in total. The van der Waals surface area contributed by atoms with Gasteiger partial charge in [0, 0.05) is 25.5 Å². The van der Waals surface area contributed by atoms with Gasteiger partial charge >= 0.3 is 0 Å². The molecule has 0 aliphatic heterocycles. The second-order valence-electron chi connectivity index (χ2n) is 5.55. The molecule has 0 aliphatic carbocycles. The van der Waals surface area contributed by atoms with Crippen molar-refractivity contribution in [2.75, 3.05) is 19.8 Å². The number of hydrogen-bond acceptors (Lipinski definition) is 6. The maximum absolute atomic E-state index is 12.1. The number of aromatic amines is 1. The average Bonchev–Trinajstić information content (AvgIpc) is 3.21. The van der Waals surface area contributed by atoms with E-state index in [2.05, 4.69) is 25.8 Å². The standard InChI is InChI=1S/C16H26N6O3/c1-4-24-15(25-5-2)11-22-10-14(20-21-22)16(23)17-8-6-7-13-9-18-19-12(13)3/h9-10,15H,4-8,11H2,1-3H3,(H,17,23)(H,18,19). The number of nitrogens with one attached hydrogen (secondary N) is 2. The molecule has 2 N–H and O–H groups in total. The number of aromatic nitrogens is 5. The molecule has 0 saturated carbocycles. The van der Waals surface area contributed by atoms with Crippen molar-refractivity contribution in [1.29, 1.82) is 0 Å². The van der Waals surface area contributed by atoms with Crippen LogP contribution in [0.15, 0.2) is 12.4 Å². The third-order valence-corrected chi connectivity index (χ3v) is 3.66. The van der Waals surface area contributed by atoms with Gasteiger partial charge in [-0.2, -0.15) is 5.10 Å². The molecule has 0 fully saturated rings. The lowest BCUT2D eigenvalue weighted by atomic mass is 10.1. The van der Waals surface area contributed by atoms with Gasteiger partial charge in [-0.15, -0.1) is 5.10 Å². The molecule has 0 aliphatic rings. The summed E-state index contributed by atoms with van der Waals surface area (Å²) in [7, 11) is 0. The summed E-state index contributed by atoms with van der Waals surface area (Å²) in [6, 6.07) is 0. The molecule has 25 heavy (non-hydrogen) atoms. The number of nitrogens with zero attached hydrogens (tertiary/aromatic N) is 4. The molecule has 2 rings (SSSR count). The highest BCUT2D eigenvalue weighted by molar-refractivity contribution is 5.91. The molecule has 0 radical (unpaired) electrons. The first-order chi connectivity index (χ1) is 12.1. The fourth-order valence-electron chi connectivity index (χ4n) is 2.37. The van der Waals surface area contributed by atoms with Crippen LogP contribution in [0, 0.1) is 6.92 Å². The summed E-state index contributed by atoms with van der Waals surface area (Å²) >= 11 is 0. The molecule has 0 bridgehead atoms. The van der Waals surface area contributed by atoms with Crippen LogP contribution in [0.3, 0.4) is 0 Å². The van der Waals surface area contributed by atoms with Crippen molar-refractivity contribution in [1.82, 2.24) is 30.5 Å². The number of amides is 1. The third kappa shape index (κ3) is 5.95. The zero-order valence-corrected chi connectivity index (χ0v) is 15.0. The van der Waals surface area contributed by atoms with E-state index in [0.717, 1.165) is 24.1 Å². The van der Waals surface area contributed by atoms with E-state index in [1.54, 1.807) is 10.9 Å². The Labute approximate surface area is 147 Å². The summed E-state index contributed by atoms with van der Waals surface area (Å²) in [6.45, 7) is 7.83. The number of carbonyl (C=O) groups is 1. The van der Waals surface area contributed by atoms with E-state index in [4.69, 9.17) is 9.47 Å². The van der Waals surface area contributed by atoms with E-state index >= 15 is 0 Å². The topological polar surface area (TPSA) is 107 Å². The lowest BCUT2D eigenvalue weighted by Gasteiger charge is -2.16. The van der Waals surface area contributed by atoms with Crippen molar-refractivity contribution in [2.24, 2.45) is 0 Å². The molecule has 2 heterocycles. The Bertz CT molecular complexity index is 648. The van der Waals surface area contributed by atoms with Crippen molar-refractivity contribution in [3.63, 3.8) is 0 Å². The second-order valence-corrected chi connectivity index (χ2v) is 5.55. The molecule has 0 aromatic carbocycles. The van der Waals surface area contributed by atoms with Crippen molar-refractivity contribution in [3.8, 4) is 0 Å². The number of hydrogen-bond donors (Lipinski definition) is 2. The lowest BCUT2D eigenvalue weighted by molar-refractivity contribution is -0.145. The predicted octanol–water partition coefficient (Wildman–Crippen LogP) is 1.07. The van der Waals surface area contributed by atoms with E-state index in [9.17, 15) is 4.79 Å². The number of aryl methyl sites for hydroxylation is 2. The van der Waals surface area contributed by atoms with Gasteiger partial charge in [-0.25, -0.2) is 4.68 Å². The second kappa shape index (κ2) is 9.90. The average molecular weight is 350 g/mol. The first kappa shape index (κ1) is 19.1. The van der Waals surface area contributed by atoms with Crippen LogP contribution in [0.2, 0.25) is 0 Å². The lowest BCUT2D eigenvalue weighted by Crippen LogP contribution is -2.25. The zero-order chi connectivity index (χ0) is 18.1. The zero-order valence-electron chi connectivity index (χ0n) is 15.0. The van der Waals surface area contributed by atoms with Crippen LogP contribution < -0.4 is 5.32 Å². The fraction of sp³-hybridized carbons (Fsp3) is 0.625. The van der Waals surface area contributed by atoms with E-state index < -0.39 is 6.29 Å². The molecule has 0 spiro atoms. The number of ether oxygens (including phenoxy) is 2. The van der Waals surface area contributed by atoms with E-state index in [1.807, 2.05) is 27.0 Å². The van der Waals surface area contributed by atoms with Crippen molar-refractivity contribution < 1.29 is 14.3 Å². The Hall–Kier alpha value is -2.26. The van der Waals surface area contributed by atoms with Crippen LogP contribution >= 0.6 is 0 Å². The maximum Gasteiger partial charge on any atom is 0.273 e. The largest absolute Gasteiger partial charge is 0.351 e. The molecule has 0 unspecified atom stereocenters. The third-order valence-electron chi connectivity index (χ3n) is 3.66. The summed E-state index contributed by atoms with van der Waals surface area (Å²) in [6.07, 6.45) is 4.71. The van der Waals surface area contributed by atoms with Crippen LogP contribution in [-0.2, 0) is 22.4 Å². The molecule has 138 valence electrons. The van der Waals surface area contributed by atoms with Crippen molar-refractivity contribution >= 4 is 5.91 Å². The van der Waals surface area contributed by atoms with Gasteiger partial charge in [0.25, 0.3) is 5.91 Å². The smallest absolute Gasteiger partial charge is 0.273 e. The van der Waals surface area contributed by atoms with E-state index in [1.165, 1.54) is 0 Å². The van der Waals surface area contributed by atoms with Gasteiger partial charge in [-0.1, -0.05) is 5.21 Å². The molecular formula is C16H26N6O3. The Balaban J connectivity index is 1.76. The quantitative estimate of drug-likeness (QED) is 0.464. The minimum Gasteiger partial charge on any atom is -0.351 e. The monoisotopic (exact) mass is 350 g/mol. The predicted molar refractivity (Wildman–Crippen MR) is 91.0 cm³/mol. The Morgan fingerprint density at radius 2 is 2.12 bits per heavy atom. The van der Waals surface area contributed by atoms with Crippen LogP contribution in [0.25, 0.3) is 0 Å². The summed E-state index contributed by atoms with van der Waals surface area (Å²) in [5, 5.41) is 17.6. The first-order valence-corrected chi connectivity index (χ1v) is 8.54. The molecular weight excluding hydrogens is 324 g/mol. The minimum absolute atomic E-state index is 0.237. The van der Waals surface area contributed by atoms with Gasteiger partial charge in [0.2, 0.25) is 0 Å². The Kier molecular flexibility index (Phi) is 7.55. The van der Waals surface area contributed by atoms with Crippen molar-refractivity contribution in [3.05, 3.63) is 29.3 Å². The summed E-state index contributed by atoms with van der Waals surface area (Å²) in [5.74, 6) is -0.237. The van der Waals surface area contributed by atoms with Crippen LogP contribution in [0.5, 0.6) is 0 Å². The van der Waals surface area contributed by atoms with E-state index in [0.29, 0.717) is 26.3 Å². The van der Waals surface area contributed by atoms with Gasteiger partial charge in [0.05, 0.1) is 18.9 Å². The maximum atomic E-state index is 12.1. The van der Waals surface area contributed by atoms with E-state index in [-0.39, 0.29) is 11.6 Å². The molecule has 1 amide bonds. The number of rotatable bonds is 11. The summed E-state index contributed by atoms with van der Waals surface area (Å²) < 4.78 is 12.5. The highest BCUT2D eigenvalue weighted by Gasteiger charge is 2.14. The summed E-state index contributed by atoms with van der Waals surface area (Å²) in [4.78, 5) is 12.1. The molecule has 2 aromatic heterocycles. The van der Waals surface area contributed by atoms with Gasteiger partial charge in [0.15, 0.2) is 12.0 Å². The highest BCUT2D eigenvalue weighted by atomic mass is 16.7. The number of carbonyl (C=O) groups excluding carboxylic acids is 1. The Morgan fingerprint density at radius 1 is 1.36 bits per heavy atom. The SMILES string of the molecule is CCOC(Cn1cc(C(=O)NCCCc2cn[nH]c2C)nn1)OCC. The fourth-order valence-corrected chi connectivity index (χ4v) is 2.37. The number of H-pyrrole nitrogens is 1. The van der Waals surface area contributed by atoms with Gasteiger partial charge in [0.1, 0.15) is 0 Å². The molecule has 9 heteroatoms. The van der Waals surface area contributed by atoms with Crippen LogP contribution in [0.1, 0.15) is 42.0 Å². The highest BCUT2D eigenvalue weighted by Crippen LogP contribution is 2.05. The van der Waals surface area contributed by atoms with Crippen LogP contribution in [0.4, 0.5) is 0 Å².